The first-order chi connectivity index (χ1) is 17.4. The largest absolute Gasteiger partial charge is 0.489 e. The molecule has 0 amide bonds. The van der Waals surface area contributed by atoms with Crippen molar-refractivity contribution in [3.8, 4) is 5.75 Å². The van der Waals surface area contributed by atoms with E-state index >= 15 is 4.39 Å². The third-order valence-electron chi connectivity index (χ3n) is 5.84. The van der Waals surface area contributed by atoms with Crippen LogP contribution < -0.4 is 9.04 Å². The van der Waals surface area contributed by atoms with E-state index in [1.165, 1.54) is 22.5 Å². The van der Waals surface area contributed by atoms with Gasteiger partial charge in [-0.2, -0.15) is 4.31 Å². The average Bonchev–Trinajstić information content (AvgIpc) is 3.48. The highest BCUT2D eigenvalue weighted by atomic mass is 32.2. The lowest BCUT2D eigenvalue weighted by Crippen LogP contribution is -2.46. The van der Waals surface area contributed by atoms with Crippen LogP contribution in [0, 0.1) is 12.7 Å². The number of aliphatic hydroxyl groups is 1. The molecule has 2 atom stereocenters. The lowest BCUT2D eigenvalue weighted by atomic mass is 10.2. The molecule has 2 heterocycles. The van der Waals surface area contributed by atoms with Gasteiger partial charge in [-0.15, -0.1) is 11.3 Å². The second-order valence-corrected chi connectivity index (χ2v) is 12.5. The zero-order valence-electron chi connectivity index (χ0n) is 21.3. The number of sulfonamides is 1. The number of benzene rings is 2. The SMILES string of the molecule is Cc1cc(S(=O)(=O)N(c2cscn2)C(O)OC(C)(C)C)c(F)cc1O[C@H]1CCN(Cc2ccccc2)C1. The minimum Gasteiger partial charge on any atom is -0.489 e. The molecule has 8 nitrogen and oxygen atoms in total. The van der Waals surface area contributed by atoms with Crippen LogP contribution in [-0.2, 0) is 21.3 Å². The third-order valence-corrected chi connectivity index (χ3v) is 8.17. The number of aromatic nitrogens is 1. The first-order valence-electron chi connectivity index (χ1n) is 12.0. The van der Waals surface area contributed by atoms with E-state index in [1.54, 1.807) is 27.7 Å². The van der Waals surface area contributed by atoms with Gasteiger partial charge in [0.15, 0.2) is 5.82 Å². The Bertz CT molecular complexity index is 1300. The number of anilines is 1. The van der Waals surface area contributed by atoms with E-state index in [1.807, 2.05) is 18.2 Å². The lowest BCUT2D eigenvalue weighted by molar-refractivity contribution is -0.157. The first kappa shape index (κ1) is 27.5. The van der Waals surface area contributed by atoms with Gasteiger partial charge in [-0.05, 0) is 51.3 Å². The molecular weight excluding hydrogens is 517 g/mol. The number of ether oxygens (including phenoxy) is 2. The van der Waals surface area contributed by atoms with Gasteiger partial charge in [0.05, 0.1) is 11.1 Å². The zero-order chi connectivity index (χ0) is 26.8. The number of nitrogens with zero attached hydrogens (tertiary/aromatic N) is 3. The number of aryl methyl sites for hydroxylation is 1. The minimum atomic E-state index is -4.57. The molecule has 2 aromatic carbocycles. The topological polar surface area (TPSA) is 92.2 Å². The second kappa shape index (κ2) is 11.0. The van der Waals surface area contributed by atoms with Gasteiger partial charge < -0.3 is 14.6 Å². The van der Waals surface area contributed by atoms with Crippen molar-refractivity contribution in [1.82, 2.24) is 9.88 Å². The number of thiazole rings is 1. The summed E-state index contributed by atoms with van der Waals surface area (Å²) in [4.78, 5) is 5.68. The number of halogens is 1. The maximum atomic E-state index is 15.3. The molecule has 4 rings (SSSR count). The third kappa shape index (κ3) is 6.66. The van der Waals surface area contributed by atoms with Crippen LogP contribution in [0.2, 0.25) is 0 Å². The van der Waals surface area contributed by atoms with Crippen LogP contribution in [0.4, 0.5) is 10.2 Å². The van der Waals surface area contributed by atoms with Crippen molar-refractivity contribution < 1.29 is 27.4 Å². The van der Waals surface area contributed by atoms with Crippen LogP contribution in [-0.4, -0.2) is 54.6 Å². The number of likely N-dealkylation sites (tertiary alicyclic amines) is 1. The Hall–Kier alpha value is -2.57. The van der Waals surface area contributed by atoms with Crippen LogP contribution in [0.1, 0.15) is 38.3 Å². The van der Waals surface area contributed by atoms with E-state index in [-0.39, 0.29) is 17.7 Å². The van der Waals surface area contributed by atoms with Gasteiger partial charge in [0, 0.05) is 31.1 Å². The average molecular weight is 550 g/mol. The molecule has 0 saturated carbocycles. The fourth-order valence-corrected chi connectivity index (χ4v) is 6.22. The van der Waals surface area contributed by atoms with E-state index in [9.17, 15) is 13.5 Å². The summed E-state index contributed by atoms with van der Waals surface area (Å²) in [6.45, 7) is 9.01. The molecular formula is C26H32FN3O5S2. The van der Waals surface area contributed by atoms with Gasteiger partial charge in [0.25, 0.3) is 16.4 Å². The predicted octanol–water partition coefficient (Wildman–Crippen LogP) is 4.53. The summed E-state index contributed by atoms with van der Waals surface area (Å²) in [6, 6.07) is 12.5. The normalized spacial score (nSPS) is 17.6. The second-order valence-electron chi connectivity index (χ2n) is 10.0. The summed E-state index contributed by atoms with van der Waals surface area (Å²) in [5.74, 6) is -0.763. The van der Waals surface area contributed by atoms with Crippen molar-refractivity contribution in [2.45, 2.75) is 63.7 Å². The van der Waals surface area contributed by atoms with Gasteiger partial charge >= 0.3 is 0 Å². The molecule has 1 N–H and O–H groups in total. The van der Waals surface area contributed by atoms with E-state index in [4.69, 9.17) is 9.47 Å². The molecule has 1 aliphatic heterocycles. The number of aliphatic hydroxyl groups excluding tert-OH is 1. The van der Waals surface area contributed by atoms with Crippen molar-refractivity contribution in [1.29, 1.82) is 0 Å². The summed E-state index contributed by atoms with van der Waals surface area (Å²) >= 11 is 1.14. The fourth-order valence-electron chi connectivity index (χ4n) is 4.16. The Morgan fingerprint density at radius 1 is 1.27 bits per heavy atom. The fraction of sp³-hybridized carbons (Fsp3) is 0.423. The quantitative estimate of drug-likeness (QED) is 0.392. The Labute approximate surface area is 221 Å². The van der Waals surface area contributed by atoms with Crippen LogP contribution in [0.5, 0.6) is 5.75 Å². The van der Waals surface area contributed by atoms with E-state index in [0.29, 0.717) is 16.4 Å². The Kier molecular flexibility index (Phi) is 8.20. The van der Waals surface area contributed by atoms with Gasteiger partial charge in [0.2, 0.25) is 0 Å². The van der Waals surface area contributed by atoms with Crippen LogP contribution in [0.3, 0.4) is 0 Å². The van der Waals surface area contributed by atoms with Crippen molar-refractivity contribution in [2.75, 3.05) is 17.4 Å². The van der Waals surface area contributed by atoms with Gasteiger partial charge in [0.1, 0.15) is 22.6 Å². The minimum absolute atomic E-state index is 0.0661. The van der Waals surface area contributed by atoms with Crippen molar-refractivity contribution in [2.24, 2.45) is 0 Å². The molecule has 1 saturated heterocycles. The maximum absolute atomic E-state index is 15.3. The smallest absolute Gasteiger partial charge is 0.272 e. The van der Waals surface area contributed by atoms with Crippen LogP contribution in [0.15, 0.2) is 58.3 Å². The van der Waals surface area contributed by atoms with Crippen LogP contribution in [0.25, 0.3) is 0 Å². The molecule has 0 spiro atoms. The summed E-state index contributed by atoms with van der Waals surface area (Å²) < 4.78 is 54.6. The van der Waals surface area contributed by atoms with E-state index in [0.717, 1.165) is 36.9 Å². The standard InChI is InChI=1S/C26H32FN3O5S2/c1-18-12-23(37(32,33)30(24-16-36-17-28-24)25(31)35-26(2,3)4)21(27)13-22(18)34-20-10-11-29(15-20)14-19-8-6-5-7-9-19/h5-9,12-13,16-17,20,25,31H,10-11,14-15H2,1-4H3/t20-,25?/m0/s1. The molecule has 0 bridgehead atoms. The van der Waals surface area contributed by atoms with Crippen LogP contribution >= 0.6 is 11.3 Å². The number of hydrogen-bond acceptors (Lipinski definition) is 8. The number of hydrogen-bond donors (Lipinski definition) is 1. The van der Waals surface area contributed by atoms with Gasteiger partial charge in [-0.1, -0.05) is 30.3 Å². The maximum Gasteiger partial charge on any atom is 0.272 e. The molecule has 1 aromatic heterocycles. The highest BCUT2D eigenvalue weighted by Crippen LogP contribution is 2.33. The molecule has 37 heavy (non-hydrogen) atoms. The molecule has 0 radical (unpaired) electrons. The summed E-state index contributed by atoms with van der Waals surface area (Å²) in [5, 5.41) is 12.1. The summed E-state index contributed by atoms with van der Waals surface area (Å²) in [7, 11) is -4.57. The number of rotatable bonds is 9. The predicted molar refractivity (Wildman–Crippen MR) is 141 cm³/mol. The van der Waals surface area contributed by atoms with Crippen molar-refractivity contribution in [3.63, 3.8) is 0 Å². The monoisotopic (exact) mass is 549 g/mol. The van der Waals surface area contributed by atoms with E-state index in [2.05, 4.69) is 22.0 Å². The Morgan fingerprint density at radius 2 is 2.00 bits per heavy atom. The van der Waals surface area contributed by atoms with Crippen molar-refractivity contribution in [3.05, 3.63) is 70.3 Å². The zero-order valence-corrected chi connectivity index (χ0v) is 22.9. The molecule has 1 fully saturated rings. The highest BCUT2D eigenvalue weighted by Gasteiger charge is 2.37. The molecule has 0 aliphatic carbocycles. The van der Waals surface area contributed by atoms with E-state index < -0.39 is 32.8 Å². The highest BCUT2D eigenvalue weighted by molar-refractivity contribution is 7.92. The molecule has 1 aliphatic rings. The molecule has 1 unspecified atom stereocenters. The Balaban J connectivity index is 1.54. The lowest BCUT2D eigenvalue weighted by Gasteiger charge is -2.32. The molecule has 11 heteroatoms. The van der Waals surface area contributed by atoms with Gasteiger partial charge in [-0.3, -0.25) is 4.90 Å². The summed E-state index contributed by atoms with van der Waals surface area (Å²) in [6.07, 6.45) is -1.27. The van der Waals surface area contributed by atoms with Gasteiger partial charge in [-0.25, -0.2) is 17.8 Å². The summed E-state index contributed by atoms with van der Waals surface area (Å²) in [5.41, 5.74) is 2.22. The first-order valence-corrected chi connectivity index (χ1v) is 14.3. The molecule has 200 valence electrons. The van der Waals surface area contributed by atoms with Crippen molar-refractivity contribution >= 4 is 27.2 Å². The Morgan fingerprint density at radius 3 is 2.65 bits per heavy atom. The molecule has 3 aromatic rings.